The second-order valence-electron chi connectivity index (χ2n) is 6.93. The van der Waals surface area contributed by atoms with E-state index in [4.69, 9.17) is 4.74 Å². The van der Waals surface area contributed by atoms with Crippen molar-refractivity contribution in [2.75, 3.05) is 19.7 Å². The third-order valence-electron chi connectivity index (χ3n) is 5.26. The van der Waals surface area contributed by atoms with Gasteiger partial charge in [0.25, 0.3) is 0 Å². The maximum absolute atomic E-state index is 13.0. The van der Waals surface area contributed by atoms with Crippen molar-refractivity contribution in [2.45, 2.75) is 63.3 Å². The third-order valence-corrected chi connectivity index (χ3v) is 7.26. The molecule has 0 aromatic carbocycles. The van der Waals surface area contributed by atoms with Gasteiger partial charge in [0.2, 0.25) is 10.0 Å². The van der Waals surface area contributed by atoms with Crippen LogP contribution in [0.15, 0.2) is 11.1 Å². The minimum absolute atomic E-state index is 0.200. The van der Waals surface area contributed by atoms with Crippen LogP contribution in [0.1, 0.15) is 57.2 Å². The van der Waals surface area contributed by atoms with Crippen LogP contribution >= 0.6 is 0 Å². The molecule has 7 nitrogen and oxygen atoms in total. The number of piperidine rings is 1. The van der Waals surface area contributed by atoms with Gasteiger partial charge in [0.15, 0.2) is 0 Å². The Morgan fingerprint density at radius 1 is 1.24 bits per heavy atom. The lowest BCUT2D eigenvalue weighted by Crippen LogP contribution is -2.40. The Morgan fingerprint density at radius 3 is 2.48 bits per heavy atom. The van der Waals surface area contributed by atoms with Gasteiger partial charge >= 0.3 is 5.97 Å². The molecule has 2 heterocycles. The van der Waals surface area contributed by atoms with Gasteiger partial charge in [0.1, 0.15) is 4.90 Å². The molecule has 3 rings (SSSR count). The predicted molar refractivity (Wildman–Crippen MR) is 92.6 cm³/mol. The zero-order chi connectivity index (χ0) is 18.0. The minimum atomic E-state index is -3.56. The summed E-state index contributed by atoms with van der Waals surface area (Å²) < 4.78 is 34.3. The molecular weight excluding hydrogens is 342 g/mol. The first-order valence-electron chi connectivity index (χ1n) is 9.16. The Morgan fingerprint density at radius 2 is 1.88 bits per heavy atom. The summed E-state index contributed by atoms with van der Waals surface area (Å²) in [5.41, 5.74) is 0.555. The van der Waals surface area contributed by atoms with Gasteiger partial charge < -0.3 is 4.74 Å². The van der Waals surface area contributed by atoms with E-state index >= 15 is 0 Å². The van der Waals surface area contributed by atoms with Gasteiger partial charge in [-0.15, -0.1) is 0 Å². The summed E-state index contributed by atoms with van der Waals surface area (Å²) in [5, 5.41) is 4.46. The van der Waals surface area contributed by atoms with Crippen LogP contribution in [0.5, 0.6) is 0 Å². The van der Waals surface area contributed by atoms with Gasteiger partial charge in [0, 0.05) is 19.3 Å². The van der Waals surface area contributed by atoms with Crippen LogP contribution in [0, 0.1) is 12.8 Å². The number of rotatable bonds is 5. The van der Waals surface area contributed by atoms with E-state index < -0.39 is 10.0 Å². The molecule has 2 aliphatic rings. The number of hydrogen-bond donors (Lipinski definition) is 0. The van der Waals surface area contributed by atoms with Crippen LogP contribution in [0.25, 0.3) is 0 Å². The number of carbonyl (C=O) groups excluding carboxylic acids is 1. The average Bonchev–Trinajstić information content (AvgIpc) is 3.24. The molecule has 1 aromatic rings. The Bertz CT molecular complexity index is 714. The highest BCUT2D eigenvalue weighted by Gasteiger charge is 2.35. The van der Waals surface area contributed by atoms with Gasteiger partial charge in [-0.1, -0.05) is 12.8 Å². The molecule has 0 amide bonds. The van der Waals surface area contributed by atoms with Crippen LogP contribution in [0.2, 0.25) is 0 Å². The molecule has 0 radical (unpaired) electrons. The predicted octanol–water partition coefficient (Wildman–Crippen LogP) is 2.27. The van der Waals surface area contributed by atoms with E-state index in [0.717, 1.165) is 12.8 Å². The molecule has 1 aromatic heterocycles. The number of aromatic nitrogens is 2. The van der Waals surface area contributed by atoms with Crippen molar-refractivity contribution < 1.29 is 17.9 Å². The van der Waals surface area contributed by atoms with Gasteiger partial charge in [-0.05, 0) is 39.5 Å². The average molecular weight is 369 g/mol. The number of sulfonamides is 1. The molecule has 140 valence electrons. The van der Waals surface area contributed by atoms with Crippen LogP contribution in [-0.4, -0.2) is 48.2 Å². The standard InChI is InChI=1S/C17H27N3O4S/c1-3-24-17(21)14-8-10-19(11-9-14)25(22,23)16-12-20(18-13(16)2)15-6-4-5-7-15/h12,14-15H,3-11H2,1-2H3. The second-order valence-corrected chi connectivity index (χ2v) is 8.83. The fourth-order valence-electron chi connectivity index (χ4n) is 3.81. The molecule has 1 aliphatic carbocycles. The fourth-order valence-corrected chi connectivity index (χ4v) is 5.43. The first-order valence-corrected chi connectivity index (χ1v) is 10.6. The Balaban J connectivity index is 1.71. The number of hydrogen-bond acceptors (Lipinski definition) is 5. The summed E-state index contributed by atoms with van der Waals surface area (Å²) in [6, 6.07) is 0.317. The first-order chi connectivity index (χ1) is 11.9. The fraction of sp³-hybridized carbons (Fsp3) is 0.765. The molecule has 0 N–H and O–H groups in total. The Kier molecular flexibility index (Phi) is 5.48. The molecule has 1 aliphatic heterocycles. The number of carbonyl (C=O) groups is 1. The lowest BCUT2D eigenvalue weighted by molar-refractivity contribution is -0.149. The van der Waals surface area contributed by atoms with Crippen molar-refractivity contribution in [3.63, 3.8) is 0 Å². The highest BCUT2D eigenvalue weighted by Crippen LogP contribution is 2.31. The first kappa shape index (κ1) is 18.4. The van der Waals surface area contributed by atoms with E-state index in [2.05, 4.69) is 5.10 Å². The summed E-state index contributed by atoms with van der Waals surface area (Å²) >= 11 is 0. The van der Waals surface area contributed by atoms with E-state index in [-0.39, 0.29) is 11.9 Å². The maximum Gasteiger partial charge on any atom is 0.309 e. The van der Waals surface area contributed by atoms with Gasteiger partial charge in [-0.25, -0.2) is 8.42 Å². The van der Waals surface area contributed by atoms with Crippen molar-refractivity contribution in [3.8, 4) is 0 Å². The number of nitrogens with zero attached hydrogens (tertiary/aromatic N) is 3. The molecule has 0 spiro atoms. The summed E-state index contributed by atoms with van der Waals surface area (Å²) in [6.45, 7) is 4.59. The molecule has 2 fully saturated rings. The Labute approximate surface area is 149 Å². The minimum Gasteiger partial charge on any atom is -0.466 e. The zero-order valence-corrected chi connectivity index (χ0v) is 15.8. The monoisotopic (exact) mass is 369 g/mol. The van der Waals surface area contributed by atoms with Crippen molar-refractivity contribution >= 4 is 16.0 Å². The summed E-state index contributed by atoms with van der Waals surface area (Å²) in [6.07, 6.45) is 7.18. The quantitative estimate of drug-likeness (QED) is 0.744. The zero-order valence-electron chi connectivity index (χ0n) is 15.0. The Hall–Kier alpha value is -1.41. The van der Waals surface area contributed by atoms with Crippen LogP contribution in [0.3, 0.4) is 0 Å². The number of ether oxygens (including phenoxy) is 1. The third kappa shape index (κ3) is 3.74. The van der Waals surface area contributed by atoms with E-state index in [9.17, 15) is 13.2 Å². The molecule has 1 saturated heterocycles. The SMILES string of the molecule is CCOC(=O)C1CCN(S(=O)(=O)c2cn(C3CCCC3)nc2C)CC1. The molecular formula is C17H27N3O4S. The highest BCUT2D eigenvalue weighted by atomic mass is 32.2. The summed E-state index contributed by atoms with van der Waals surface area (Å²) in [4.78, 5) is 12.1. The summed E-state index contributed by atoms with van der Waals surface area (Å²) in [7, 11) is -3.56. The van der Waals surface area contributed by atoms with E-state index in [1.807, 2.05) is 4.68 Å². The van der Waals surface area contributed by atoms with Crippen molar-refractivity contribution in [2.24, 2.45) is 5.92 Å². The second kappa shape index (κ2) is 7.45. The molecule has 0 atom stereocenters. The van der Waals surface area contributed by atoms with Crippen LogP contribution in [0.4, 0.5) is 0 Å². The lowest BCUT2D eigenvalue weighted by atomic mass is 9.98. The lowest BCUT2D eigenvalue weighted by Gasteiger charge is -2.29. The number of esters is 1. The molecule has 0 unspecified atom stereocenters. The highest BCUT2D eigenvalue weighted by molar-refractivity contribution is 7.89. The number of aryl methyl sites for hydroxylation is 1. The van der Waals surface area contributed by atoms with Gasteiger partial charge in [-0.2, -0.15) is 9.40 Å². The van der Waals surface area contributed by atoms with Crippen LogP contribution < -0.4 is 0 Å². The normalized spacial score (nSPS) is 20.9. The van der Waals surface area contributed by atoms with Crippen molar-refractivity contribution in [1.82, 2.24) is 14.1 Å². The summed E-state index contributed by atoms with van der Waals surface area (Å²) in [5.74, 6) is -0.418. The molecule has 25 heavy (non-hydrogen) atoms. The van der Waals surface area contributed by atoms with Crippen molar-refractivity contribution in [3.05, 3.63) is 11.9 Å². The molecule has 8 heteroatoms. The topological polar surface area (TPSA) is 81.5 Å². The van der Waals surface area contributed by atoms with Gasteiger partial charge in [-0.3, -0.25) is 9.48 Å². The molecule has 1 saturated carbocycles. The van der Waals surface area contributed by atoms with Gasteiger partial charge in [0.05, 0.1) is 24.3 Å². The maximum atomic E-state index is 13.0. The van der Waals surface area contributed by atoms with Crippen LogP contribution in [-0.2, 0) is 19.6 Å². The smallest absolute Gasteiger partial charge is 0.309 e. The largest absolute Gasteiger partial charge is 0.466 e. The van der Waals surface area contributed by atoms with E-state index in [1.165, 1.54) is 17.1 Å². The van der Waals surface area contributed by atoms with Crippen molar-refractivity contribution in [1.29, 1.82) is 0 Å². The van der Waals surface area contributed by atoms with E-state index in [0.29, 0.717) is 49.2 Å². The van der Waals surface area contributed by atoms with E-state index in [1.54, 1.807) is 20.0 Å². The molecule has 0 bridgehead atoms.